The van der Waals surface area contributed by atoms with Gasteiger partial charge in [0.05, 0.1) is 0 Å². The first kappa shape index (κ1) is 9.32. The monoisotopic (exact) mass is 164 g/mol. The van der Waals surface area contributed by atoms with Crippen molar-refractivity contribution in [3.05, 3.63) is 12.4 Å². The van der Waals surface area contributed by atoms with Crippen LogP contribution in [0.25, 0.3) is 0 Å². The van der Waals surface area contributed by atoms with E-state index in [0.717, 1.165) is 0 Å². The fraction of sp³-hybridized carbons (Fsp3) is 0.500. The smallest absolute Gasteiger partial charge is 0.205 e. The van der Waals surface area contributed by atoms with E-state index >= 15 is 0 Å². The molecular formula is C4H2F6. The average Bonchev–Trinajstić information content (AvgIpc) is 1.62. The summed E-state index contributed by atoms with van der Waals surface area (Å²) in [6.45, 7) is 1.86. The fourth-order valence-corrected chi connectivity index (χ4v) is 0.154. The molecule has 0 spiro atoms. The van der Waals surface area contributed by atoms with Crippen molar-refractivity contribution in [3.8, 4) is 0 Å². The summed E-state index contributed by atoms with van der Waals surface area (Å²) in [6, 6.07) is 0. The maximum Gasteiger partial charge on any atom is 0.460 e. The summed E-state index contributed by atoms with van der Waals surface area (Å²) < 4.78 is 67.3. The van der Waals surface area contributed by atoms with Crippen LogP contribution in [0.4, 0.5) is 26.3 Å². The third-order valence-corrected chi connectivity index (χ3v) is 0.697. The largest absolute Gasteiger partial charge is 0.460 e. The molecule has 0 aliphatic rings. The van der Waals surface area contributed by atoms with Crippen LogP contribution in [0.1, 0.15) is 0 Å². The van der Waals surface area contributed by atoms with Crippen molar-refractivity contribution >= 4 is 0 Å². The molecule has 0 radical (unpaired) electrons. The average molecular weight is 164 g/mol. The van der Waals surface area contributed by atoms with E-state index in [2.05, 4.69) is 0 Å². The zero-order valence-corrected chi connectivity index (χ0v) is 4.47. The van der Waals surface area contributed by atoms with Crippen molar-refractivity contribution in [1.82, 2.24) is 0 Å². The molecule has 0 saturated carbocycles. The molecule has 0 nitrogen and oxygen atoms in total. The van der Waals surface area contributed by atoms with Crippen molar-refractivity contribution in [1.29, 1.82) is 0 Å². The molecule has 0 N–H and O–H groups in total. The van der Waals surface area contributed by atoms with Gasteiger partial charge < -0.3 is 0 Å². The molecule has 0 saturated heterocycles. The molecule has 0 aromatic carbocycles. The lowest BCUT2D eigenvalue weighted by Gasteiger charge is -2.16. The highest BCUT2D eigenvalue weighted by Crippen LogP contribution is 2.40. The molecule has 0 unspecified atom stereocenters. The molecule has 60 valence electrons. The highest BCUT2D eigenvalue weighted by atomic mass is 19.4. The van der Waals surface area contributed by atoms with E-state index in [1.54, 1.807) is 0 Å². The second-order valence-corrected chi connectivity index (χ2v) is 1.48. The zero-order chi connectivity index (χ0) is 8.58. The Bertz CT molecular complexity index is 142. The summed E-state index contributed by atoms with van der Waals surface area (Å²) in [5.41, 5.74) is 0. The lowest BCUT2D eigenvalue weighted by atomic mass is 10.3. The van der Waals surface area contributed by atoms with Gasteiger partial charge >= 0.3 is 12.1 Å². The van der Waals surface area contributed by atoms with E-state index in [1.165, 1.54) is 0 Å². The van der Waals surface area contributed by atoms with Crippen LogP contribution in [0.5, 0.6) is 0 Å². The summed E-state index contributed by atoms with van der Waals surface area (Å²) in [6.07, 6.45) is -5.89. The summed E-state index contributed by atoms with van der Waals surface area (Å²) in [5, 5.41) is 0. The van der Waals surface area contributed by atoms with Crippen LogP contribution in [0.2, 0.25) is 0 Å². The van der Waals surface area contributed by atoms with Crippen molar-refractivity contribution < 1.29 is 26.3 Å². The number of hydrogen-bond acceptors (Lipinski definition) is 0. The van der Waals surface area contributed by atoms with Crippen LogP contribution < -0.4 is 0 Å². The predicted octanol–water partition coefficient (Wildman–Crippen LogP) is 2.67. The van der Waals surface area contributed by atoms with E-state index in [1.807, 2.05) is 6.58 Å². The molecule has 0 aliphatic carbocycles. The van der Waals surface area contributed by atoms with Crippen LogP contribution in [0.3, 0.4) is 0 Å². The molecule has 6 heteroatoms. The Morgan fingerprint density at radius 1 is 1.00 bits per heavy atom. The molecule has 0 aliphatic heterocycles. The number of rotatable bonds is 1. The first-order valence-corrected chi connectivity index (χ1v) is 1.99. The Balaban J connectivity index is 4.57. The first-order valence-electron chi connectivity index (χ1n) is 1.99. The minimum atomic E-state index is -5.89. The van der Waals surface area contributed by atoms with Gasteiger partial charge in [0.1, 0.15) is 0 Å². The topological polar surface area (TPSA) is 0 Å². The quantitative estimate of drug-likeness (QED) is 0.522. The Kier molecular flexibility index (Phi) is 2.03. The molecular weight excluding hydrogens is 162 g/mol. The highest BCUT2D eigenvalue weighted by Gasteiger charge is 2.60. The van der Waals surface area contributed by atoms with Gasteiger partial charge in [-0.3, -0.25) is 0 Å². The Morgan fingerprint density at radius 3 is 1.30 bits per heavy atom. The maximum atomic E-state index is 11.5. The first-order chi connectivity index (χ1) is 4.19. The Labute approximate surface area is 52.1 Å². The molecule has 0 bridgehead atoms. The maximum absolute atomic E-state index is 11.5. The van der Waals surface area contributed by atoms with Gasteiger partial charge in [0, 0.05) is 0 Å². The number of allylic oxidation sites excluding steroid dienone is 1. The molecule has 0 heterocycles. The van der Waals surface area contributed by atoms with Crippen LogP contribution in [0.15, 0.2) is 12.4 Å². The summed E-state index contributed by atoms with van der Waals surface area (Å²) in [5.74, 6) is -8.12. The van der Waals surface area contributed by atoms with Gasteiger partial charge in [-0.05, 0) is 0 Å². The summed E-state index contributed by atoms with van der Waals surface area (Å²) >= 11 is 0. The third-order valence-electron chi connectivity index (χ3n) is 0.697. The van der Waals surface area contributed by atoms with Crippen molar-refractivity contribution in [2.24, 2.45) is 0 Å². The molecule has 0 aromatic rings. The summed E-state index contributed by atoms with van der Waals surface area (Å²) in [7, 11) is 0. The Morgan fingerprint density at radius 2 is 1.30 bits per heavy atom. The van der Waals surface area contributed by atoms with E-state index < -0.39 is 17.9 Å². The molecule has 0 fully saturated rings. The van der Waals surface area contributed by atoms with Gasteiger partial charge in [0.15, 0.2) is 5.83 Å². The third kappa shape index (κ3) is 1.43. The zero-order valence-electron chi connectivity index (χ0n) is 4.47. The van der Waals surface area contributed by atoms with Gasteiger partial charge in [-0.25, -0.2) is 4.39 Å². The fourth-order valence-electron chi connectivity index (χ4n) is 0.154. The van der Waals surface area contributed by atoms with Gasteiger partial charge in [-0.15, -0.1) is 0 Å². The second kappa shape index (κ2) is 2.17. The normalized spacial score (nSPS) is 13.4. The van der Waals surface area contributed by atoms with Gasteiger partial charge in [-0.1, -0.05) is 6.58 Å². The van der Waals surface area contributed by atoms with Gasteiger partial charge in [0.25, 0.3) is 0 Å². The Hall–Kier alpha value is -0.680. The van der Waals surface area contributed by atoms with Gasteiger partial charge in [0.2, 0.25) is 0 Å². The van der Waals surface area contributed by atoms with Crippen molar-refractivity contribution in [2.45, 2.75) is 12.1 Å². The van der Waals surface area contributed by atoms with E-state index in [9.17, 15) is 26.3 Å². The minimum Gasteiger partial charge on any atom is -0.205 e. The number of halogens is 6. The second-order valence-electron chi connectivity index (χ2n) is 1.48. The van der Waals surface area contributed by atoms with Crippen LogP contribution in [-0.4, -0.2) is 12.1 Å². The standard InChI is InChI=1S/C4H2F6/c1-2(5)3(6,7)4(8,9)10/h1H2. The molecule has 0 aromatic heterocycles. The molecule has 10 heavy (non-hydrogen) atoms. The van der Waals surface area contributed by atoms with Crippen LogP contribution in [0, 0.1) is 0 Å². The van der Waals surface area contributed by atoms with E-state index in [4.69, 9.17) is 0 Å². The SMILES string of the molecule is C=C(F)C(F)(F)C(F)(F)F. The lowest BCUT2D eigenvalue weighted by Crippen LogP contribution is -2.36. The number of hydrogen-bond donors (Lipinski definition) is 0. The van der Waals surface area contributed by atoms with E-state index in [-0.39, 0.29) is 0 Å². The van der Waals surface area contributed by atoms with Crippen molar-refractivity contribution in [3.63, 3.8) is 0 Å². The minimum absolute atomic E-state index is 1.86. The van der Waals surface area contributed by atoms with Crippen molar-refractivity contribution in [2.75, 3.05) is 0 Å². The molecule has 0 amide bonds. The predicted molar refractivity (Wildman–Crippen MR) is 21.2 cm³/mol. The summed E-state index contributed by atoms with van der Waals surface area (Å²) in [4.78, 5) is 0. The highest BCUT2D eigenvalue weighted by molar-refractivity contribution is 5.01. The van der Waals surface area contributed by atoms with E-state index in [0.29, 0.717) is 0 Å². The number of alkyl halides is 5. The van der Waals surface area contributed by atoms with Crippen LogP contribution in [-0.2, 0) is 0 Å². The van der Waals surface area contributed by atoms with Crippen LogP contribution >= 0.6 is 0 Å². The van der Waals surface area contributed by atoms with Gasteiger partial charge in [-0.2, -0.15) is 22.0 Å². The lowest BCUT2D eigenvalue weighted by molar-refractivity contribution is -0.270. The molecule has 0 atom stereocenters. The molecule has 0 rings (SSSR count).